The summed E-state index contributed by atoms with van der Waals surface area (Å²) in [6, 6.07) is -0.737. The summed E-state index contributed by atoms with van der Waals surface area (Å²) in [6.45, 7) is 6.44. The van der Waals surface area contributed by atoms with Crippen LogP contribution in [0, 0.1) is 0 Å². The number of hydrogen-bond donors (Lipinski definition) is 2. The van der Waals surface area contributed by atoms with Gasteiger partial charge in [-0.3, -0.25) is 4.79 Å². The number of nitrogens with two attached hydrogens (primary N) is 1. The Morgan fingerprint density at radius 3 is 3.05 bits per heavy atom. The first-order chi connectivity index (χ1) is 9.63. The number of hydrogen-bond acceptors (Lipinski definition) is 4. The molecule has 2 rings (SSSR count). The van der Waals surface area contributed by atoms with Crippen molar-refractivity contribution in [3.05, 3.63) is 24.3 Å². The van der Waals surface area contributed by atoms with Gasteiger partial charge in [0.2, 0.25) is 5.91 Å². The Kier molecular flexibility index (Phi) is 4.89. The van der Waals surface area contributed by atoms with Gasteiger partial charge in [0.15, 0.2) is 5.82 Å². The number of rotatable bonds is 5. The molecule has 2 heterocycles. The first kappa shape index (κ1) is 14.7. The molecule has 20 heavy (non-hydrogen) atoms. The maximum absolute atomic E-state index is 11.9. The summed E-state index contributed by atoms with van der Waals surface area (Å²) in [5.41, 5.74) is 5.77. The average Bonchev–Trinajstić information content (AvgIpc) is 2.68. The number of fused-ring (bicyclic) bond motifs is 1. The smallest absolute Gasteiger partial charge is 0.237 e. The van der Waals surface area contributed by atoms with Gasteiger partial charge in [0.25, 0.3) is 0 Å². The normalized spacial score (nSPS) is 17.7. The van der Waals surface area contributed by atoms with E-state index >= 15 is 0 Å². The molecule has 0 aliphatic carbocycles. The average molecular weight is 277 g/mol. The second-order valence-electron chi connectivity index (χ2n) is 5.30. The Balaban J connectivity index is 2.06. The first-order valence-electron chi connectivity index (χ1n) is 7.22. The van der Waals surface area contributed by atoms with Gasteiger partial charge in [0.1, 0.15) is 5.82 Å². The molecule has 1 aromatic heterocycles. The largest absolute Gasteiger partial charge is 0.345 e. The van der Waals surface area contributed by atoms with E-state index in [1.807, 2.05) is 6.92 Å². The minimum atomic E-state index is -0.554. The van der Waals surface area contributed by atoms with E-state index in [0.717, 1.165) is 37.5 Å². The third-order valence-corrected chi connectivity index (χ3v) is 3.64. The van der Waals surface area contributed by atoms with Crippen LogP contribution in [0.25, 0.3) is 0 Å². The fraction of sp³-hybridized carbons (Fsp3) is 0.643. The number of amides is 1. The summed E-state index contributed by atoms with van der Waals surface area (Å²) < 4.78 is 2.14. The van der Waals surface area contributed by atoms with Gasteiger partial charge in [-0.25, -0.2) is 0 Å². The Labute approximate surface area is 119 Å². The molecule has 1 aromatic rings. The number of nitrogens with zero attached hydrogens (tertiary/aromatic N) is 3. The van der Waals surface area contributed by atoms with Crippen LogP contribution in [0.1, 0.15) is 50.3 Å². The van der Waals surface area contributed by atoms with Crippen molar-refractivity contribution < 1.29 is 4.79 Å². The van der Waals surface area contributed by atoms with Gasteiger partial charge in [-0.2, -0.15) is 0 Å². The van der Waals surface area contributed by atoms with Crippen LogP contribution in [0.4, 0.5) is 0 Å². The lowest BCUT2D eigenvalue weighted by Crippen LogP contribution is -2.41. The van der Waals surface area contributed by atoms with E-state index in [0.29, 0.717) is 6.42 Å². The molecular formula is C14H23N5O. The molecule has 0 saturated carbocycles. The van der Waals surface area contributed by atoms with E-state index in [4.69, 9.17) is 5.73 Å². The fourth-order valence-electron chi connectivity index (χ4n) is 2.50. The van der Waals surface area contributed by atoms with Gasteiger partial charge >= 0.3 is 0 Å². The van der Waals surface area contributed by atoms with E-state index < -0.39 is 6.04 Å². The Morgan fingerprint density at radius 1 is 1.50 bits per heavy atom. The Bertz CT molecular complexity index is 482. The fourth-order valence-corrected chi connectivity index (χ4v) is 2.50. The highest BCUT2D eigenvalue weighted by atomic mass is 16.2. The highest BCUT2D eigenvalue weighted by Gasteiger charge is 2.22. The standard InChI is InChI=1S/C14H23N5O/c1-3-7-11(15)14(20)16-10(2)13-18-17-12-8-5-4-6-9-19(12)13/h3,10-11H,1,4-9,15H2,2H3,(H,16,20). The SMILES string of the molecule is C=CCC(N)C(=O)NC(C)c1nnc2n1CCCCC2. The number of nitrogens with one attached hydrogen (secondary N) is 1. The number of aromatic nitrogens is 3. The lowest BCUT2D eigenvalue weighted by atomic mass is 10.2. The minimum absolute atomic E-state index is 0.177. The van der Waals surface area contributed by atoms with Crippen LogP contribution in [-0.2, 0) is 17.8 Å². The molecule has 0 bridgehead atoms. The van der Waals surface area contributed by atoms with Crippen molar-refractivity contribution in [1.82, 2.24) is 20.1 Å². The van der Waals surface area contributed by atoms with Crippen LogP contribution in [0.3, 0.4) is 0 Å². The molecule has 3 N–H and O–H groups in total. The number of carbonyl (C=O) groups excluding carboxylic acids is 1. The van der Waals surface area contributed by atoms with Crippen molar-refractivity contribution in [2.45, 2.75) is 57.7 Å². The molecule has 6 heteroatoms. The highest BCUT2D eigenvalue weighted by Crippen LogP contribution is 2.18. The van der Waals surface area contributed by atoms with E-state index in [-0.39, 0.29) is 11.9 Å². The molecule has 1 aliphatic heterocycles. The first-order valence-corrected chi connectivity index (χ1v) is 7.22. The molecule has 1 amide bonds. The maximum atomic E-state index is 11.9. The molecule has 0 radical (unpaired) electrons. The molecule has 0 spiro atoms. The van der Waals surface area contributed by atoms with Crippen molar-refractivity contribution in [1.29, 1.82) is 0 Å². The molecule has 2 unspecified atom stereocenters. The number of aryl methyl sites for hydroxylation is 1. The van der Waals surface area contributed by atoms with Crippen molar-refractivity contribution in [2.75, 3.05) is 0 Å². The zero-order valence-electron chi connectivity index (χ0n) is 12.0. The highest BCUT2D eigenvalue weighted by molar-refractivity contribution is 5.81. The zero-order chi connectivity index (χ0) is 14.5. The van der Waals surface area contributed by atoms with Crippen LogP contribution in [0.2, 0.25) is 0 Å². The Hall–Kier alpha value is -1.69. The molecule has 0 aromatic carbocycles. The topological polar surface area (TPSA) is 85.8 Å². The van der Waals surface area contributed by atoms with Crippen molar-refractivity contribution in [3.63, 3.8) is 0 Å². The van der Waals surface area contributed by atoms with Gasteiger partial charge in [-0.15, -0.1) is 16.8 Å². The zero-order valence-corrected chi connectivity index (χ0v) is 12.0. The van der Waals surface area contributed by atoms with Gasteiger partial charge in [0, 0.05) is 13.0 Å². The molecule has 110 valence electrons. The molecule has 0 saturated heterocycles. The second-order valence-corrected chi connectivity index (χ2v) is 5.30. The molecule has 2 atom stereocenters. The van der Waals surface area contributed by atoms with E-state index in [1.165, 1.54) is 6.42 Å². The minimum Gasteiger partial charge on any atom is -0.345 e. The van der Waals surface area contributed by atoms with Gasteiger partial charge in [0.05, 0.1) is 12.1 Å². The van der Waals surface area contributed by atoms with Crippen LogP contribution >= 0.6 is 0 Å². The van der Waals surface area contributed by atoms with E-state index in [2.05, 4.69) is 26.7 Å². The molecule has 6 nitrogen and oxygen atoms in total. The van der Waals surface area contributed by atoms with E-state index in [1.54, 1.807) is 6.08 Å². The predicted molar refractivity (Wildman–Crippen MR) is 76.9 cm³/mol. The van der Waals surface area contributed by atoms with Crippen molar-refractivity contribution in [2.24, 2.45) is 5.73 Å². The van der Waals surface area contributed by atoms with Crippen LogP contribution in [0.5, 0.6) is 0 Å². The van der Waals surface area contributed by atoms with Crippen LogP contribution < -0.4 is 11.1 Å². The van der Waals surface area contributed by atoms with Crippen molar-refractivity contribution in [3.8, 4) is 0 Å². The summed E-state index contributed by atoms with van der Waals surface area (Å²) in [7, 11) is 0. The van der Waals surface area contributed by atoms with Gasteiger partial charge in [-0.1, -0.05) is 12.5 Å². The lowest BCUT2D eigenvalue weighted by molar-refractivity contribution is -0.123. The van der Waals surface area contributed by atoms with Crippen LogP contribution in [0.15, 0.2) is 12.7 Å². The summed E-state index contributed by atoms with van der Waals surface area (Å²) in [5, 5.41) is 11.4. The summed E-state index contributed by atoms with van der Waals surface area (Å²) in [6.07, 6.45) is 6.59. The van der Waals surface area contributed by atoms with Gasteiger partial charge in [-0.05, 0) is 26.2 Å². The second kappa shape index (κ2) is 6.65. The third kappa shape index (κ3) is 3.25. The summed E-state index contributed by atoms with van der Waals surface area (Å²) in [5.74, 6) is 1.67. The maximum Gasteiger partial charge on any atom is 0.237 e. The predicted octanol–water partition coefficient (Wildman–Crippen LogP) is 1.09. The number of carbonyl (C=O) groups is 1. The van der Waals surface area contributed by atoms with E-state index in [9.17, 15) is 4.79 Å². The lowest BCUT2D eigenvalue weighted by Gasteiger charge is -2.17. The summed E-state index contributed by atoms with van der Waals surface area (Å²) >= 11 is 0. The quantitative estimate of drug-likeness (QED) is 0.789. The molecule has 1 aliphatic rings. The van der Waals surface area contributed by atoms with Crippen molar-refractivity contribution >= 4 is 5.91 Å². The molecular weight excluding hydrogens is 254 g/mol. The van der Waals surface area contributed by atoms with Gasteiger partial charge < -0.3 is 15.6 Å². The third-order valence-electron chi connectivity index (χ3n) is 3.64. The van der Waals surface area contributed by atoms with Crippen LogP contribution in [-0.4, -0.2) is 26.7 Å². The summed E-state index contributed by atoms with van der Waals surface area (Å²) in [4.78, 5) is 11.9. The molecule has 0 fully saturated rings. The monoisotopic (exact) mass is 277 g/mol. The Morgan fingerprint density at radius 2 is 2.30 bits per heavy atom.